The number of carbonyl (C=O) groups is 2. The molecule has 0 fully saturated rings. The van der Waals surface area contributed by atoms with Crippen LogP contribution in [0.5, 0.6) is 0 Å². The van der Waals surface area contributed by atoms with E-state index in [4.69, 9.17) is 10.8 Å². The van der Waals surface area contributed by atoms with Gasteiger partial charge in [0, 0.05) is 12.5 Å². The van der Waals surface area contributed by atoms with E-state index in [1.807, 2.05) is 13.8 Å². The van der Waals surface area contributed by atoms with Crippen molar-refractivity contribution in [2.75, 3.05) is 0 Å². The summed E-state index contributed by atoms with van der Waals surface area (Å²) in [6.45, 7) is 9.17. The van der Waals surface area contributed by atoms with Crippen LogP contribution in [-0.4, -0.2) is 29.1 Å². The molecule has 0 aliphatic heterocycles. The summed E-state index contributed by atoms with van der Waals surface area (Å²) in [5.41, 5.74) is 5.25. The molecule has 0 rings (SSSR count). The van der Waals surface area contributed by atoms with Crippen molar-refractivity contribution in [3.05, 3.63) is 0 Å². The van der Waals surface area contributed by atoms with Gasteiger partial charge in [-0.3, -0.25) is 4.79 Å². The number of hydrogen-bond acceptors (Lipinski definition) is 3. The standard InChI is InChI=1S/C12H24N2O3/c1-7(2)8(13)6-9(15)14-10(11(16)17)12(3,4)5/h7-8,10H,6,13H2,1-5H3,(H,14,15)(H,16,17)/t8?,10-/m0/s1. The third kappa shape index (κ3) is 5.68. The summed E-state index contributed by atoms with van der Waals surface area (Å²) >= 11 is 0. The lowest BCUT2D eigenvalue weighted by Gasteiger charge is -2.28. The highest BCUT2D eigenvalue weighted by atomic mass is 16.4. The average Bonchev–Trinajstić information content (AvgIpc) is 2.11. The van der Waals surface area contributed by atoms with Crippen LogP contribution in [0.15, 0.2) is 0 Å². The number of carboxylic acid groups (broad SMARTS) is 1. The Balaban J connectivity index is 4.49. The van der Waals surface area contributed by atoms with Gasteiger partial charge < -0.3 is 16.2 Å². The average molecular weight is 244 g/mol. The highest BCUT2D eigenvalue weighted by molar-refractivity contribution is 5.84. The van der Waals surface area contributed by atoms with E-state index in [2.05, 4.69) is 5.32 Å². The van der Waals surface area contributed by atoms with Crippen molar-refractivity contribution < 1.29 is 14.7 Å². The van der Waals surface area contributed by atoms with E-state index in [1.54, 1.807) is 20.8 Å². The molecule has 5 nitrogen and oxygen atoms in total. The summed E-state index contributed by atoms with van der Waals surface area (Å²) in [6.07, 6.45) is 0.150. The predicted molar refractivity (Wildman–Crippen MR) is 66.5 cm³/mol. The molecule has 2 atom stereocenters. The Bertz CT molecular complexity index is 282. The zero-order valence-electron chi connectivity index (χ0n) is 11.3. The van der Waals surface area contributed by atoms with Crippen molar-refractivity contribution in [2.45, 2.75) is 53.1 Å². The molecule has 0 aromatic carbocycles. The molecule has 0 bridgehead atoms. The molecule has 0 aliphatic rings. The van der Waals surface area contributed by atoms with Gasteiger partial charge in [-0.25, -0.2) is 4.79 Å². The van der Waals surface area contributed by atoms with Crippen LogP contribution in [0.2, 0.25) is 0 Å². The number of carbonyl (C=O) groups excluding carboxylic acids is 1. The monoisotopic (exact) mass is 244 g/mol. The largest absolute Gasteiger partial charge is 0.480 e. The molecule has 0 spiro atoms. The number of aliphatic carboxylic acids is 1. The SMILES string of the molecule is CC(C)C(N)CC(=O)N[C@@H](C(=O)O)C(C)(C)C. The highest BCUT2D eigenvalue weighted by Gasteiger charge is 2.32. The Morgan fingerprint density at radius 2 is 1.76 bits per heavy atom. The second-order valence-electron chi connectivity index (χ2n) is 5.82. The predicted octanol–water partition coefficient (Wildman–Crippen LogP) is 0.975. The minimum Gasteiger partial charge on any atom is -0.480 e. The maximum atomic E-state index is 11.7. The first-order valence-electron chi connectivity index (χ1n) is 5.83. The van der Waals surface area contributed by atoms with Crippen molar-refractivity contribution in [1.29, 1.82) is 0 Å². The molecule has 1 amide bonds. The number of hydrogen-bond donors (Lipinski definition) is 3. The Labute approximate surface area is 103 Å². The molecular formula is C12H24N2O3. The van der Waals surface area contributed by atoms with Gasteiger partial charge in [-0.1, -0.05) is 34.6 Å². The van der Waals surface area contributed by atoms with Gasteiger partial charge >= 0.3 is 5.97 Å². The molecule has 5 heteroatoms. The molecule has 0 saturated heterocycles. The fraction of sp³-hybridized carbons (Fsp3) is 0.833. The Morgan fingerprint density at radius 3 is 2.06 bits per heavy atom. The first-order chi connectivity index (χ1) is 7.55. The lowest BCUT2D eigenvalue weighted by Crippen LogP contribution is -2.50. The van der Waals surface area contributed by atoms with E-state index in [0.717, 1.165) is 0 Å². The van der Waals surface area contributed by atoms with Gasteiger partial charge in [0.1, 0.15) is 6.04 Å². The van der Waals surface area contributed by atoms with E-state index in [1.165, 1.54) is 0 Å². The highest BCUT2D eigenvalue weighted by Crippen LogP contribution is 2.19. The lowest BCUT2D eigenvalue weighted by molar-refractivity contribution is -0.145. The van der Waals surface area contributed by atoms with Crippen LogP contribution in [0.3, 0.4) is 0 Å². The molecule has 100 valence electrons. The smallest absolute Gasteiger partial charge is 0.326 e. The van der Waals surface area contributed by atoms with E-state index in [-0.39, 0.29) is 24.3 Å². The van der Waals surface area contributed by atoms with Crippen LogP contribution < -0.4 is 11.1 Å². The summed E-state index contributed by atoms with van der Waals surface area (Å²) in [7, 11) is 0. The molecule has 4 N–H and O–H groups in total. The number of carboxylic acids is 1. The third-order valence-electron chi connectivity index (χ3n) is 2.70. The van der Waals surface area contributed by atoms with Gasteiger partial charge in [0.05, 0.1) is 0 Å². The molecule has 0 heterocycles. The summed E-state index contributed by atoms with van der Waals surface area (Å²) in [5.74, 6) is -1.14. The van der Waals surface area contributed by atoms with Gasteiger partial charge in [0.2, 0.25) is 5.91 Å². The van der Waals surface area contributed by atoms with E-state index in [0.29, 0.717) is 0 Å². The Hall–Kier alpha value is -1.10. The normalized spacial score (nSPS) is 15.5. The topological polar surface area (TPSA) is 92.4 Å². The number of rotatable bonds is 5. The van der Waals surface area contributed by atoms with Gasteiger partial charge in [0.15, 0.2) is 0 Å². The van der Waals surface area contributed by atoms with Crippen molar-refractivity contribution in [3.63, 3.8) is 0 Å². The van der Waals surface area contributed by atoms with E-state index in [9.17, 15) is 9.59 Å². The molecule has 0 saturated carbocycles. The second kappa shape index (κ2) is 6.00. The molecule has 17 heavy (non-hydrogen) atoms. The van der Waals surface area contributed by atoms with Gasteiger partial charge in [0.25, 0.3) is 0 Å². The summed E-state index contributed by atoms with van der Waals surface area (Å²) < 4.78 is 0. The van der Waals surface area contributed by atoms with Gasteiger partial charge in [-0.15, -0.1) is 0 Å². The summed E-state index contributed by atoms with van der Waals surface area (Å²) in [6, 6.07) is -1.14. The van der Waals surface area contributed by atoms with Crippen LogP contribution in [0.1, 0.15) is 41.0 Å². The second-order valence-corrected chi connectivity index (χ2v) is 5.82. The van der Waals surface area contributed by atoms with Crippen LogP contribution in [-0.2, 0) is 9.59 Å². The van der Waals surface area contributed by atoms with Crippen molar-refractivity contribution in [1.82, 2.24) is 5.32 Å². The zero-order chi connectivity index (χ0) is 13.8. The van der Waals surface area contributed by atoms with Crippen molar-refractivity contribution in [2.24, 2.45) is 17.1 Å². The molecule has 1 unspecified atom stereocenters. The lowest BCUT2D eigenvalue weighted by atomic mass is 9.86. The maximum Gasteiger partial charge on any atom is 0.326 e. The minimum atomic E-state index is -1.02. The summed E-state index contributed by atoms with van der Waals surface area (Å²) in [4.78, 5) is 22.7. The molecule has 0 aliphatic carbocycles. The Morgan fingerprint density at radius 1 is 1.29 bits per heavy atom. The first-order valence-corrected chi connectivity index (χ1v) is 5.83. The van der Waals surface area contributed by atoms with E-state index < -0.39 is 17.4 Å². The molecule has 0 aromatic heterocycles. The summed E-state index contributed by atoms with van der Waals surface area (Å²) in [5, 5.41) is 11.6. The number of nitrogens with two attached hydrogens (primary N) is 1. The van der Waals surface area contributed by atoms with Crippen molar-refractivity contribution >= 4 is 11.9 Å². The fourth-order valence-electron chi connectivity index (χ4n) is 1.32. The number of amides is 1. The Kier molecular flexibility index (Phi) is 5.61. The molecule has 0 radical (unpaired) electrons. The third-order valence-corrected chi connectivity index (χ3v) is 2.70. The quantitative estimate of drug-likeness (QED) is 0.672. The number of nitrogens with one attached hydrogen (secondary N) is 1. The minimum absolute atomic E-state index is 0.150. The van der Waals surface area contributed by atoms with Gasteiger partial charge in [-0.2, -0.15) is 0 Å². The van der Waals surface area contributed by atoms with Gasteiger partial charge in [-0.05, 0) is 11.3 Å². The van der Waals surface area contributed by atoms with Crippen molar-refractivity contribution in [3.8, 4) is 0 Å². The molecular weight excluding hydrogens is 220 g/mol. The van der Waals surface area contributed by atoms with Crippen LogP contribution >= 0.6 is 0 Å². The van der Waals surface area contributed by atoms with Crippen LogP contribution in [0, 0.1) is 11.3 Å². The van der Waals surface area contributed by atoms with Crippen LogP contribution in [0.25, 0.3) is 0 Å². The molecule has 0 aromatic rings. The fourth-order valence-corrected chi connectivity index (χ4v) is 1.32. The van der Waals surface area contributed by atoms with Crippen LogP contribution in [0.4, 0.5) is 0 Å². The maximum absolute atomic E-state index is 11.7. The van der Waals surface area contributed by atoms with E-state index >= 15 is 0 Å². The zero-order valence-corrected chi connectivity index (χ0v) is 11.3. The first kappa shape index (κ1) is 15.9.